The van der Waals surface area contributed by atoms with Crippen molar-refractivity contribution in [1.29, 1.82) is 5.39 Å². The van der Waals surface area contributed by atoms with Crippen molar-refractivity contribution in [3.8, 4) is 11.5 Å². The number of nitrogens with zero attached hydrogens (tertiary/aromatic N) is 2. The molecule has 2 aromatic rings. The molecule has 0 bridgehead atoms. The summed E-state index contributed by atoms with van der Waals surface area (Å²) in [6, 6.07) is 9.98. The zero-order valence-corrected chi connectivity index (χ0v) is 12.1. The third-order valence-electron chi connectivity index (χ3n) is 3.10. The number of hydrogen-bond donors (Lipinski definition) is 0. The Morgan fingerprint density at radius 2 is 1.62 bits per heavy atom. The van der Waals surface area contributed by atoms with Gasteiger partial charge < -0.3 is 9.47 Å². The maximum Gasteiger partial charge on any atom is 0.391 e. The minimum absolute atomic E-state index is 0.415. The fourth-order valence-electron chi connectivity index (χ4n) is 2.03. The van der Waals surface area contributed by atoms with Crippen molar-refractivity contribution in [3.63, 3.8) is 0 Å². The van der Waals surface area contributed by atoms with Crippen molar-refractivity contribution in [3.05, 3.63) is 58.1 Å². The van der Waals surface area contributed by atoms with E-state index in [2.05, 4.69) is 4.98 Å². The molecular formula is C16H15N2O3+. The van der Waals surface area contributed by atoms with Gasteiger partial charge in [-0.2, -0.15) is 0 Å². The van der Waals surface area contributed by atoms with Gasteiger partial charge >= 0.3 is 11.7 Å². The van der Waals surface area contributed by atoms with Crippen molar-refractivity contribution >= 4 is 11.7 Å². The van der Waals surface area contributed by atoms with E-state index in [0.29, 0.717) is 22.7 Å². The van der Waals surface area contributed by atoms with Crippen molar-refractivity contribution < 1.29 is 14.3 Å². The fraction of sp³-hybridized carbons (Fsp3) is 0.188. The number of ether oxygens (including phenoxy) is 2. The Balaban J connectivity index is 2.21. The van der Waals surface area contributed by atoms with Crippen LogP contribution in [0.1, 0.15) is 21.5 Å². The lowest BCUT2D eigenvalue weighted by Gasteiger charge is -2.06. The van der Waals surface area contributed by atoms with E-state index >= 15 is 0 Å². The summed E-state index contributed by atoms with van der Waals surface area (Å²) in [7, 11) is 1.56. The molecule has 106 valence electrons. The molecule has 0 atom stereocenters. The van der Waals surface area contributed by atoms with Crippen LogP contribution in [-0.4, -0.2) is 13.1 Å². The number of hydrogen-bond acceptors (Lipinski definition) is 4. The summed E-state index contributed by atoms with van der Waals surface area (Å²) >= 11 is 0. The Bertz CT molecular complexity index is 692. The molecule has 5 heteroatoms. The highest BCUT2D eigenvalue weighted by Crippen LogP contribution is 2.29. The highest BCUT2D eigenvalue weighted by atomic mass is 16.5. The van der Waals surface area contributed by atoms with Crippen molar-refractivity contribution in [2.45, 2.75) is 13.8 Å². The van der Waals surface area contributed by atoms with Gasteiger partial charge in [0.05, 0.1) is 12.7 Å². The third kappa shape index (κ3) is 3.18. The second kappa shape index (κ2) is 6.06. The van der Waals surface area contributed by atoms with Crippen molar-refractivity contribution in [1.82, 2.24) is 0 Å². The molecule has 0 aliphatic rings. The number of methoxy groups -OCH3 is 1. The summed E-state index contributed by atoms with van der Waals surface area (Å²) in [5, 5.41) is 8.90. The number of aryl methyl sites for hydroxylation is 2. The molecule has 0 N–H and O–H groups in total. The van der Waals surface area contributed by atoms with Crippen LogP contribution in [0.25, 0.3) is 4.98 Å². The zero-order valence-electron chi connectivity index (χ0n) is 12.1. The Hall–Kier alpha value is -2.87. The van der Waals surface area contributed by atoms with Crippen molar-refractivity contribution in [2.75, 3.05) is 7.11 Å². The van der Waals surface area contributed by atoms with Gasteiger partial charge in [0.25, 0.3) is 0 Å². The van der Waals surface area contributed by atoms with Gasteiger partial charge in [-0.3, -0.25) is 0 Å². The second-order valence-electron chi connectivity index (χ2n) is 4.62. The molecule has 21 heavy (non-hydrogen) atoms. The first-order chi connectivity index (χ1) is 10.0. The minimum atomic E-state index is -0.454. The first-order valence-electron chi connectivity index (χ1n) is 6.37. The lowest BCUT2D eigenvalue weighted by Crippen LogP contribution is -2.08. The number of carbonyl (C=O) groups is 1. The highest BCUT2D eigenvalue weighted by molar-refractivity contribution is 5.91. The van der Waals surface area contributed by atoms with Crippen LogP contribution in [-0.2, 0) is 0 Å². The standard InChI is InChI=1S/C16H15N2O3/c1-10-8-14(9-11(2)15(10)18-17)21-16(19)12-4-6-13(20-3)7-5-12/h4-9H,1-3H3/q+1. The average molecular weight is 283 g/mol. The van der Waals surface area contributed by atoms with Gasteiger partial charge in [0.1, 0.15) is 11.5 Å². The maximum atomic E-state index is 12.1. The molecule has 0 saturated carbocycles. The second-order valence-corrected chi connectivity index (χ2v) is 4.62. The monoisotopic (exact) mass is 283 g/mol. The van der Waals surface area contributed by atoms with Crippen LogP contribution in [0.5, 0.6) is 11.5 Å². The first kappa shape index (κ1) is 14.5. The summed E-state index contributed by atoms with van der Waals surface area (Å²) in [6.45, 7) is 3.57. The lowest BCUT2D eigenvalue weighted by atomic mass is 10.1. The van der Waals surface area contributed by atoms with E-state index in [0.717, 1.165) is 11.1 Å². The summed E-state index contributed by atoms with van der Waals surface area (Å²) in [5.41, 5.74) is 2.38. The summed E-state index contributed by atoms with van der Waals surface area (Å²) in [6.07, 6.45) is 0. The molecule has 0 aliphatic carbocycles. The SMILES string of the molecule is COc1ccc(C(=O)Oc2cc(C)c([N+]#N)c(C)c2)cc1. The molecule has 5 nitrogen and oxygen atoms in total. The Kier molecular flexibility index (Phi) is 4.19. The molecule has 0 fully saturated rings. The molecule has 0 unspecified atom stereocenters. The number of benzene rings is 2. The molecule has 0 aliphatic heterocycles. The van der Waals surface area contributed by atoms with E-state index in [1.165, 1.54) is 0 Å². The first-order valence-corrected chi connectivity index (χ1v) is 6.37. The molecule has 2 rings (SSSR count). The topological polar surface area (TPSA) is 63.7 Å². The van der Waals surface area contributed by atoms with Gasteiger partial charge in [0, 0.05) is 11.1 Å². The van der Waals surface area contributed by atoms with Crippen LogP contribution in [0, 0.1) is 19.2 Å². The number of carbonyl (C=O) groups excluding carboxylic acids is 1. The van der Waals surface area contributed by atoms with Crippen LogP contribution in [0.2, 0.25) is 0 Å². The molecule has 2 aromatic carbocycles. The predicted molar refractivity (Wildman–Crippen MR) is 78.6 cm³/mol. The summed E-state index contributed by atoms with van der Waals surface area (Å²) in [4.78, 5) is 15.3. The van der Waals surface area contributed by atoms with Crippen LogP contribution >= 0.6 is 0 Å². The zero-order chi connectivity index (χ0) is 15.4. The van der Waals surface area contributed by atoms with Gasteiger partial charge in [0.2, 0.25) is 5.39 Å². The van der Waals surface area contributed by atoms with Crippen LogP contribution in [0.15, 0.2) is 36.4 Å². The third-order valence-corrected chi connectivity index (χ3v) is 3.10. The van der Waals surface area contributed by atoms with Crippen LogP contribution < -0.4 is 9.47 Å². The van der Waals surface area contributed by atoms with E-state index in [4.69, 9.17) is 14.9 Å². The molecule has 0 radical (unpaired) electrons. The van der Waals surface area contributed by atoms with Crippen LogP contribution in [0.3, 0.4) is 0 Å². The largest absolute Gasteiger partial charge is 0.497 e. The fourth-order valence-corrected chi connectivity index (χ4v) is 2.03. The molecule has 0 heterocycles. The van der Waals surface area contributed by atoms with E-state index in [-0.39, 0.29) is 0 Å². The van der Waals surface area contributed by atoms with E-state index < -0.39 is 5.97 Å². The quantitative estimate of drug-likeness (QED) is 0.485. The maximum absolute atomic E-state index is 12.1. The summed E-state index contributed by atoms with van der Waals surface area (Å²) < 4.78 is 10.4. The predicted octanol–water partition coefficient (Wildman–Crippen LogP) is 4.02. The normalized spacial score (nSPS) is 9.81. The van der Waals surface area contributed by atoms with Gasteiger partial charge in [-0.15, -0.1) is 0 Å². The smallest absolute Gasteiger partial charge is 0.391 e. The van der Waals surface area contributed by atoms with E-state index in [1.54, 1.807) is 57.4 Å². The van der Waals surface area contributed by atoms with E-state index in [1.807, 2.05) is 0 Å². The molecule has 0 aromatic heterocycles. The Morgan fingerprint density at radius 3 is 2.10 bits per heavy atom. The average Bonchev–Trinajstić information content (AvgIpc) is 2.47. The minimum Gasteiger partial charge on any atom is -0.497 e. The highest BCUT2D eigenvalue weighted by Gasteiger charge is 2.17. The van der Waals surface area contributed by atoms with E-state index in [9.17, 15) is 4.79 Å². The lowest BCUT2D eigenvalue weighted by molar-refractivity contribution is 0.0734. The van der Waals surface area contributed by atoms with Gasteiger partial charge in [0.15, 0.2) is 4.98 Å². The molecule has 0 saturated heterocycles. The molecule has 0 amide bonds. The number of rotatable bonds is 3. The van der Waals surface area contributed by atoms with Gasteiger partial charge in [-0.05, 0) is 50.2 Å². The Labute approximate surface area is 122 Å². The number of diazo groups is 1. The molecule has 0 spiro atoms. The summed E-state index contributed by atoms with van der Waals surface area (Å²) in [5.74, 6) is 0.635. The van der Waals surface area contributed by atoms with Crippen LogP contribution in [0.4, 0.5) is 5.69 Å². The Morgan fingerprint density at radius 1 is 1.05 bits per heavy atom. The van der Waals surface area contributed by atoms with Crippen molar-refractivity contribution in [2.24, 2.45) is 0 Å². The number of esters is 1. The van der Waals surface area contributed by atoms with Gasteiger partial charge in [-0.1, -0.05) is 0 Å². The molecular weight excluding hydrogens is 268 g/mol. The van der Waals surface area contributed by atoms with Gasteiger partial charge in [-0.25, -0.2) is 4.79 Å².